The largest absolute Gasteiger partial charge is 0.364 e. The van der Waals surface area contributed by atoms with Gasteiger partial charge in [-0.2, -0.15) is 0 Å². The first-order chi connectivity index (χ1) is 11.8. The van der Waals surface area contributed by atoms with Gasteiger partial charge in [-0.05, 0) is 44.4 Å². The van der Waals surface area contributed by atoms with Crippen molar-refractivity contribution < 1.29 is 22.6 Å². The second-order valence-electron chi connectivity index (χ2n) is 4.73. The smallest absolute Gasteiger partial charge is 0.208 e. The summed E-state index contributed by atoms with van der Waals surface area (Å²) in [7, 11) is -3.31. The van der Waals surface area contributed by atoms with Gasteiger partial charge in [0.2, 0.25) is 15.8 Å². The molecule has 0 amide bonds. The van der Waals surface area contributed by atoms with Gasteiger partial charge in [0.1, 0.15) is 5.82 Å². The summed E-state index contributed by atoms with van der Waals surface area (Å²) in [5, 5.41) is 19.3. The van der Waals surface area contributed by atoms with Crippen LogP contribution in [0.2, 0.25) is 0 Å². The zero-order chi connectivity index (χ0) is 18.4. The highest BCUT2D eigenvalue weighted by Gasteiger charge is 2.16. The number of aliphatic imine (C=N–C) groups is 1. The molecule has 136 valence electrons. The second-order valence-corrected chi connectivity index (χ2v) is 7.41. The number of sulfonamides is 1. The molecule has 1 aromatic heterocycles. The Morgan fingerprint density at radius 1 is 1.40 bits per heavy atom. The number of hydroxylamine groups is 1. The first-order valence-electron chi connectivity index (χ1n) is 6.75. The highest BCUT2D eigenvalue weighted by molar-refractivity contribution is 9.10. The number of nitrogens with zero attached hydrogens (tertiary/aromatic N) is 3. The number of aromatic nitrogens is 2. The summed E-state index contributed by atoms with van der Waals surface area (Å²) >= 11 is 3.04. The van der Waals surface area contributed by atoms with E-state index in [0.29, 0.717) is 5.69 Å². The number of hydrogen-bond donors (Lipinski definition) is 4. The van der Waals surface area contributed by atoms with Gasteiger partial charge >= 0.3 is 0 Å². The number of amidine groups is 1. The van der Waals surface area contributed by atoms with Crippen LogP contribution in [0.4, 0.5) is 15.9 Å². The predicted molar refractivity (Wildman–Crippen MR) is 90.9 cm³/mol. The monoisotopic (exact) mass is 436 g/mol. The Balaban J connectivity index is 2.14. The molecule has 10 nitrogen and oxygen atoms in total. The number of benzene rings is 1. The molecule has 2 rings (SSSR count). The van der Waals surface area contributed by atoms with E-state index in [2.05, 4.69) is 45.9 Å². The van der Waals surface area contributed by atoms with Crippen molar-refractivity contribution >= 4 is 43.3 Å². The fourth-order valence-electron chi connectivity index (χ4n) is 1.69. The first kappa shape index (κ1) is 19.2. The third-order valence-corrected chi connectivity index (χ3v) is 4.08. The minimum atomic E-state index is -3.31. The van der Waals surface area contributed by atoms with Crippen LogP contribution in [0.5, 0.6) is 0 Å². The highest BCUT2D eigenvalue weighted by Crippen LogP contribution is 2.23. The number of halogens is 2. The molecule has 0 atom stereocenters. The molecule has 0 aliphatic carbocycles. The maximum Gasteiger partial charge on any atom is 0.208 e. The summed E-state index contributed by atoms with van der Waals surface area (Å²) in [4.78, 5) is 4.09. The molecular weight excluding hydrogens is 423 g/mol. The van der Waals surface area contributed by atoms with E-state index in [-0.39, 0.29) is 34.9 Å². The molecule has 0 fully saturated rings. The topological polar surface area (TPSA) is 142 Å². The average Bonchev–Trinajstić information content (AvgIpc) is 3.00. The van der Waals surface area contributed by atoms with Gasteiger partial charge in [0, 0.05) is 13.1 Å². The van der Waals surface area contributed by atoms with E-state index in [1.807, 2.05) is 5.48 Å². The number of rotatable bonds is 7. The lowest BCUT2D eigenvalue weighted by molar-refractivity contribution is 0.234. The molecule has 0 bridgehead atoms. The predicted octanol–water partition coefficient (Wildman–Crippen LogP) is 0.989. The second kappa shape index (κ2) is 8.33. The molecule has 25 heavy (non-hydrogen) atoms. The van der Waals surface area contributed by atoms with Crippen LogP contribution in [0, 0.1) is 5.82 Å². The number of nitrogens with one attached hydrogen (secondary N) is 3. The summed E-state index contributed by atoms with van der Waals surface area (Å²) in [6.45, 7) is 0.296. The molecule has 13 heteroatoms. The Morgan fingerprint density at radius 2 is 2.16 bits per heavy atom. The Bertz CT molecular complexity index is 872. The van der Waals surface area contributed by atoms with Crippen molar-refractivity contribution in [2.45, 2.75) is 0 Å². The summed E-state index contributed by atoms with van der Waals surface area (Å²) in [5.74, 6) is -0.420. The van der Waals surface area contributed by atoms with E-state index in [4.69, 9.17) is 0 Å². The fraction of sp³-hybridized carbons (Fsp3) is 0.250. The SMILES string of the molecule is CS(=O)(=O)NCCNc1nonc1C(=Nc1ccc(F)c(Br)c1)NO. The maximum atomic E-state index is 13.3. The van der Waals surface area contributed by atoms with E-state index in [0.717, 1.165) is 6.26 Å². The van der Waals surface area contributed by atoms with Gasteiger partial charge in [0.25, 0.3) is 0 Å². The van der Waals surface area contributed by atoms with E-state index in [1.54, 1.807) is 0 Å². The van der Waals surface area contributed by atoms with E-state index < -0.39 is 15.8 Å². The molecule has 0 unspecified atom stereocenters. The van der Waals surface area contributed by atoms with Crippen molar-refractivity contribution in [3.63, 3.8) is 0 Å². The number of hydrogen-bond acceptors (Lipinski definition) is 8. The van der Waals surface area contributed by atoms with E-state index in [1.165, 1.54) is 18.2 Å². The van der Waals surface area contributed by atoms with Crippen LogP contribution in [-0.4, -0.2) is 49.1 Å². The van der Waals surface area contributed by atoms with Crippen LogP contribution < -0.4 is 15.5 Å². The van der Waals surface area contributed by atoms with Crippen molar-refractivity contribution in [3.05, 3.63) is 34.2 Å². The lowest BCUT2D eigenvalue weighted by Crippen LogP contribution is -2.28. The average molecular weight is 437 g/mol. The molecule has 1 heterocycles. The van der Waals surface area contributed by atoms with Gasteiger partial charge < -0.3 is 5.32 Å². The molecular formula is C12H14BrFN6O4S. The standard InChI is InChI=1S/C12H14BrFN6O4S/c1-25(22,23)16-5-4-15-11-10(19-24-20-11)12(18-21)17-7-2-3-9(14)8(13)6-7/h2-3,6,16,21H,4-5H2,1H3,(H,15,20)(H,17,18). The van der Waals surface area contributed by atoms with Crippen LogP contribution in [0.15, 0.2) is 32.3 Å². The molecule has 0 spiro atoms. The van der Waals surface area contributed by atoms with Crippen LogP contribution in [0.3, 0.4) is 0 Å². The molecule has 1 aromatic carbocycles. The van der Waals surface area contributed by atoms with Crippen LogP contribution >= 0.6 is 15.9 Å². The Morgan fingerprint density at radius 3 is 2.80 bits per heavy atom. The Hall–Kier alpha value is -2.09. The Kier molecular flexibility index (Phi) is 6.41. The molecule has 4 N–H and O–H groups in total. The van der Waals surface area contributed by atoms with E-state index >= 15 is 0 Å². The van der Waals surface area contributed by atoms with Gasteiger partial charge in [-0.15, -0.1) is 0 Å². The van der Waals surface area contributed by atoms with Crippen molar-refractivity contribution in [2.75, 3.05) is 24.7 Å². The lowest BCUT2D eigenvalue weighted by atomic mass is 10.3. The van der Waals surface area contributed by atoms with Crippen molar-refractivity contribution in [2.24, 2.45) is 4.99 Å². The molecule has 0 radical (unpaired) electrons. The Labute approximate surface area is 150 Å². The van der Waals surface area contributed by atoms with E-state index in [9.17, 15) is 18.0 Å². The number of anilines is 1. The van der Waals surface area contributed by atoms with Gasteiger partial charge in [-0.3, -0.25) is 10.7 Å². The van der Waals surface area contributed by atoms with Crippen molar-refractivity contribution in [3.8, 4) is 0 Å². The highest BCUT2D eigenvalue weighted by atomic mass is 79.9. The van der Waals surface area contributed by atoms with Crippen LogP contribution in [0.25, 0.3) is 0 Å². The molecule has 0 aliphatic heterocycles. The maximum absolute atomic E-state index is 13.3. The van der Waals surface area contributed by atoms with Gasteiger partial charge in [-0.25, -0.2) is 27.2 Å². The van der Waals surface area contributed by atoms with Gasteiger partial charge in [0.05, 0.1) is 16.4 Å². The van der Waals surface area contributed by atoms with Crippen molar-refractivity contribution in [1.82, 2.24) is 20.5 Å². The first-order valence-corrected chi connectivity index (χ1v) is 9.44. The normalized spacial score (nSPS) is 12.2. The summed E-state index contributed by atoms with van der Waals surface area (Å²) < 4.78 is 42.3. The summed E-state index contributed by atoms with van der Waals surface area (Å²) in [6.07, 6.45) is 1.04. The molecule has 0 saturated heterocycles. The quantitative estimate of drug-likeness (QED) is 0.218. The van der Waals surface area contributed by atoms with Crippen molar-refractivity contribution in [1.29, 1.82) is 0 Å². The van der Waals surface area contributed by atoms with Crippen LogP contribution in [0.1, 0.15) is 5.69 Å². The lowest BCUT2D eigenvalue weighted by Gasteiger charge is -2.06. The minimum absolute atomic E-state index is 0.0577. The third-order valence-electron chi connectivity index (χ3n) is 2.74. The molecule has 0 saturated carbocycles. The third kappa shape index (κ3) is 5.74. The summed E-state index contributed by atoms with van der Waals surface area (Å²) in [6, 6.07) is 4.01. The molecule has 2 aromatic rings. The fourth-order valence-corrected chi connectivity index (χ4v) is 2.53. The summed E-state index contributed by atoms with van der Waals surface area (Å²) in [5.41, 5.74) is 2.26. The van der Waals surface area contributed by atoms with Gasteiger partial charge in [-0.1, -0.05) is 0 Å². The van der Waals surface area contributed by atoms with Crippen LogP contribution in [-0.2, 0) is 10.0 Å². The molecule has 0 aliphatic rings. The minimum Gasteiger partial charge on any atom is -0.364 e. The zero-order valence-electron chi connectivity index (χ0n) is 12.8. The van der Waals surface area contributed by atoms with Gasteiger partial charge in [0.15, 0.2) is 11.5 Å². The zero-order valence-corrected chi connectivity index (χ0v) is 15.2.